The highest BCUT2D eigenvalue weighted by Gasteiger charge is 2.19. The van der Waals surface area contributed by atoms with E-state index in [1.807, 2.05) is 20.8 Å². The van der Waals surface area contributed by atoms with Gasteiger partial charge in [0, 0.05) is 19.1 Å². The zero-order valence-electron chi connectivity index (χ0n) is 15.1. The van der Waals surface area contributed by atoms with E-state index >= 15 is 0 Å². The quantitative estimate of drug-likeness (QED) is 0.710. The number of rotatable bonds is 7. The van der Waals surface area contributed by atoms with Gasteiger partial charge in [-0.3, -0.25) is 0 Å². The molecule has 1 aliphatic rings. The Balaban J connectivity index is 2.01. The summed E-state index contributed by atoms with van der Waals surface area (Å²) in [4.78, 5) is 14.1. The Morgan fingerprint density at radius 3 is 2.41 bits per heavy atom. The molecule has 0 spiro atoms. The van der Waals surface area contributed by atoms with E-state index in [2.05, 4.69) is 29.4 Å². The van der Waals surface area contributed by atoms with E-state index in [4.69, 9.17) is 4.74 Å². The van der Waals surface area contributed by atoms with Gasteiger partial charge in [0.2, 0.25) is 0 Å². The van der Waals surface area contributed by atoms with Gasteiger partial charge in [-0.2, -0.15) is 0 Å². The van der Waals surface area contributed by atoms with E-state index in [-0.39, 0.29) is 6.09 Å². The van der Waals surface area contributed by atoms with Crippen molar-refractivity contribution in [2.75, 3.05) is 32.7 Å². The fraction of sp³-hybridized carbons (Fsp3) is 0.941. The number of hydrogen-bond acceptors (Lipinski definition) is 4. The molecule has 1 amide bonds. The Labute approximate surface area is 136 Å². The van der Waals surface area contributed by atoms with Crippen molar-refractivity contribution in [1.82, 2.24) is 15.5 Å². The maximum atomic E-state index is 11.5. The number of carbonyl (C=O) groups excluding carboxylic acids is 1. The van der Waals surface area contributed by atoms with Crippen molar-refractivity contribution in [3.63, 3.8) is 0 Å². The number of ether oxygens (including phenoxy) is 1. The fourth-order valence-corrected chi connectivity index (χ4v) is 2.74. The summed E-state index contributed by atoms with van der Waals surface area (Å²) < 4.78 is 5.20. The van der Waals surface area contributed by atoms with Crippen LogP contribution in [0, 0.1) is 5.92 Å². The van der Waals surface area contributed by atoms with Gasteiger partial charge >= 0.3 is 6.09 Å². The fourth-order valence-electron chi connectivity index (χ4n) is 2.74. The summed E-state index contributed by atoms with van der Waals surface area (Å²) >= 11 is 0. The van der Waals surface area contributed by atoms with Gasteiger partial charge in [-0.25, -0.2) is 4.79 Å². The van der Waals surface area contributed by atoms with Gasteiger partial charge in [0.15, 0.2) is 0 Å². The van der Waals surface area contributed by atoms with Crippen molar-refractivity contribution >= 4 is 6.09 Å². The van der Waals surface area contributed by atoms with E-state index in [1.54, 1.807) is 0 Å². The Morgan fingerprint density at radius 2 is 1.86 bits per heavy atom. The molecule has 1 rings (SSSR count). The van der Waals surface area contributed by atoms with Gasteiger partial charge in [0.1, 0.15) is 5.60 Å². The highest BCUT2D eigenvalue weighted by molar-refractivity contribution is 5.67. The lowest BCUT2D eigenvalue weighted by atomic mass is 10.0. The van der Waals surface area contributed by atoms with E-state index < -0.39 is 5.60 Å². The molecule has 0 aliphatic carbocycles. The highest BCUT2D eigenvalue weighted by atomic mass is 16.6. The molecule has 1 saturated heterocycles. The van der Waals surface area contributed by atoms with Crippen LogP contribution in [0.4, 0.5) is 4.79 Å². The van der Waals surface area contributed by atoms with Crippen molar-refractivity contribution < 1.29 is 9.53 Å². The average molecular weight is 313 g/mol. The number of carbonyl (C=O) groups is 1. The zero-order chi connectivity index (χ0) is 16.6. The Hall–Kier alpha value is -0.810. The highest BCUT2D eigenvalue weighted by Crippen LogP contribution is 2.12. The number of piperidine rings is 1. The number of alkyl carbamates (subject to hydrolysis) is 1. The second kappa shape index (κ2) is 9.36. The monoisotopic (exact) mass is 313 g/mol. The molecular weight excluding hydrogens is 278 g/mol. The maximum Gasteiger partial charge on any atom is 0.407 e. The number of nitrogens with zero attached hydrogens (tertiary/aromatic N) is 1. The predicted octanol–water partition coefficient (Wildman–Crippen LogP) is 2.61. The minimum absolute atomic E-state index is 0.325. The molecule has 0 bridgehead atoms. The van der Waals surface area contributed by atoms with Crippen molar-refractivity contribution in [1.29, 1.82) is 0 Å². The van der Waals surface area contributed by atoms with Gasteiger partial charge in [-0.1, -0.05) is 13.8 Å². The molecule has 0 radical (unpaired) electrons. The summed E-state index contributed by atoms with van der Waals surface area (Å²) in [6, 6.07) is 0.630. The number of hydrogen-bond donors (Lipinski definition) is 2. The number of nitrogens with one attached hydrogen (secondary N) is 2. The first kappa shape index (κ1) is 19.2. The van der Waals surface area contributed by atoms with E-state index in [0.29, 0.717) is 12.6 Å². The summed E-state index contributed by atoms with van der Waals surface area (Å²) in [7, 11) is 0. The van der Waals surface area contributed by atoms with Crippen LogP contribution in [0.5, 0.6) is 0 Å². The van der Waals surface area contributed by atoms with Crippen molar-refractivity contribution in [3.05, 3.63) is 0 Å². The molecule has 2 N–H and O–H groups in total. The van der Waals surface area contributed by atoms with Crippen LogP contribution in [0.15, 0.2) is 0 Å². The Kier molecular flexibility index (Phi) is 8.18. The SMILES string of the molecule is CC(C)CN1CCC(NCCCNC(=O)OC(C)(C)C)CC1. The van der Waals surface area contributed by atoms with Gasteiger partial charge in [0.05, 0.1) is 0 Å². The van der Waals surface area contributed by atoms with Crippen LogP contribution in [-0.2, 0) is 4.74 Å². The van der Waals surface area contributed by atoms with Crippen molar-refractivity contribution in [3.8, 4) is 0 Å². The second-order valence-corrected chi connectivity index (χ2v) is 7.71. The second-order valence-electron chi connectivity index (χ2n) is 7.71. The molecule has 1 heterocycles. The largest absolute Gasteiger partial charge is 0.444 e. The van der Waals surface area contributed by atoms with E-state index in [9.17, 15) is 4.79 Å². The first-order valence-electron chi connectivity index (χ1n) is 8.69. The molecular formula is C17H35N3O2. The number of amides is 1. The van der Waals surface area contributed by atoms with Crippen LogP contribution in [0.1, 0.15) is 53.9 Å². The third kappa shape index (κ3) is 9.26. The van der Waals surface area contributed by atoms with E-state index in [1.165, 1.54) is 32.5 Å². The summed E-state index contributed by atoms with van der Waals surface area (Å²) in [5.41, 5.74) is -0.424. The van der Waals surface area contributed by atoms with Gasteiger partial charge in [-0.15, -0.1) is 0 Å². The van der Waals surface area contributed by atoms with Crippen LogP contribution < -0.4 is 10.6 Å². The predicted molar refractivity (Wildman–Crippen MR) is 91.2 cm³/mol. The Bertz CT molecular complexity index is 318. The summed E-state index contributed by atoms with van der Waals surface area (Å²) in [5.74, 6) is 0.753. The third-order valence-corrected chi connectivity index (χ3v) is 3.67. The molecule has 5 nitrogen and oxygen atoms in total. The van der Waals surface area contributed by atoms with Crippen molar-refractivity contribution in [2.45, 2.75) is 65.5 Å². The van der Waals surface area contributed by atoms with Crippen LogP contribution in [0.2, 0.25) is 0 Å². The molecule has 0 saturated carbocycles. The molecule has 0 aromatic rings. The number of likely N-dealkylation sites (tertiary alicyclic amines) is 1. The Morgan fingerprint density at radius 1 is 1.23 bits per heavy atom. The third-order valence-electron chi connectivity index (χ3n) is 3.67. The molecule has 0 atom stereocenters. The topological polar surface area (TPSA) is 53.6 Å². The maximum absolute atomic E-state index is 11.5. The van der Waals surface area contributed by atoms with Crippen LogP contribution in [-0.4, -0.2) is 55.4 Å². The molecule has 22 heavy (non-hydrogen) atoms. The minimum Gasteiger partial charge on any atom is -0.444 e. The molecule has 0 aromatic heterocycles. The van der Waals surface area contributed by atoms with Crippen LogP contribution in [0.3, 0.4) is 0 Å². The lowest BCUT2D eigenvalue weighted by Gasteiger charge is -2.33. The molecule has 1 aliphatic heterocycles. The first-order valence-corrected chi connectivity index (χ1v) is 8.69. The minimum atomic E-state index is -0.424. The lowest BCUT2D eigenvalue weighted by Crippen LogP contribution is -2.44. The molecule has 5 heteroatoms. The molecule has 0 unspecified atom stereocenters. The van der Waals surface area contributed by atoms with Gasteiger partial charge in [0.25, 0.3) is 0 Å². The normalized spacial score (nSPS) is 17.7. The zero-order valence-corrected chi connectivity index (χ0v) is 15.1. The lowest BCUT2D eigenvalue weighted by molar-refractivity contribution is 0.0527. The van der Waals surface area contributed by atoms with Crippen LogP contribution in [0.25, 0.3) is 0 Å². The summed E-state index contributed by atoms with van der Waals surface area (Å²) in [6.45, 7) is 15.4. The molecule has 1 fully saturated rings. The van der Waals surface area contributed by atoms with Crippen molar-refractivity contribution in [2.24, 2.45) is 5.92 Å². The van der Waals surface area contributed by atoms with Gasteiger partial charge in [-0.05, 0) is 65.6 Å². The molecule has 0 aromatic carbocycles. The van der Waals surface area contributed by atoms with E-state index in [0.717, 1.165) is 18.9 Å². The average Bonchev–Trinajstić information content (AvgIpc) is 2.37. The summed E-state index contributed by atoms with van der Waals surface area (Å²) in [5, 5.41) is 6.39. The van der Waals surface area contributed by atoms with Crippen LogP contribution >= 0.6 is 0 Å². The standard InChI is InChI=1S/C17H35N3O2/c1-14(2)13-20-11-7-15(8-12-20)18-9-6-10-19-16(21)22-17(3,4)5/h14-15,18H,6-13H2,1-5H3,(H,19,21). The summed E-state index contributed by atoms with van der Waals surface area (Å²) in [6.07, 6.45) is 3.07. The molecule has 130 valence electrons. The first-order chi connectivity index (χ1) is 10.3. The smallest absolute Gasteiger partial charge is 0.407 e. The van der Waals surface area contributed by atoms with Gasteiger partial charge < -0.3 is 20.3 Å².